The zero-order chi connectivity index (χ0) is 13.1. The molecule has 5 nitrogen and oxygen atoms in total. The van der Waals surface area contributed by atoms with Gasteiger partial charge >= 0.3 is 0 Å². The minimum Gasteiger partial charge on any atom is -0.396 e. The molecular formula is C13H24N4O. The van der Waals surface area contributed by atoms with Crippen molar-refractivity contribution in [3.05, 3.63) is 11.3 Å². The van der Waals surface area contributed by atoms with Crippen molar-refractivity contribution in [1.29, 1.82) is 0 Å². The molecule has 2 heterocycles. The number of rotatable bonds is 4. The van der Waals surface area contributed by atoms with Crippen molar-refractivity contribution in [3.63, 3.8) is 0 Å². The van der Waals surface area contributed by atoms with Gasteiger partial charge in [0.15, 0.2) is 0 Å². The molecule has 1 aliphatic heterocycles. The highest BCUT2D eigenvalue weighted by atomic mass is 16.3. The van der Waals surface area contributed by atoms with Crippen LogP contribution < -0.4 is 5.32 Å². The Kier molecular flexibility index (Phi) is 4.24. The maximum Gasteiger partial charge on any atom is 0.128 e. The van der Waals surface area contributed by atoms with Gasteiger partial charge in [0, 0.05) is 39.4 Å². The second kappa shape index (κ2) is 5.71. The van der Waals surface area contributed by atoms with Crippen LogP contribution in [0.25, 0.3) is 0 Å². The van der Waals surface area contributed by atoms with Crippen LogP contribution in [0.2, 0.25) is 0 Å². The lowest BCUT2D eigenvalue weighted by molar-refractivity contribution is 0.116. The van der Waals surface area contributed by atoms with Gasteiger partial charge in [-0.1, -0.05) is 0 Å². The van der Waals surface area contributed by atoms with Gasteiger partial charge < -0.3 is 10.4 Å². The van der Waals surface area contributed by atoms with Crippen LogP contribution in [0.15, 0.2) is 0 Å². The van der Waals surface area contributed by atoms with E-state index in [9.17, 15) is 5.11 Å². The van der Waals surface area contributed by atoms with Crippen molar-refractivity contribution in [2.45, 2.75) is 26.3 Å². The monoisotopic (exact) mass is 252 g/mol. The largest absolute Gasteiger partial charge is 0.396 e. The van der Waals surface area contributed by atoms with Gasteiger partial charge in [-0.2, -0.15) is 5.10 Å². The second-order valence-corrected chi connectivity index (χ2v) is 5.21. The molecule has 1 unspecified atom stereocenters. The first-order valence-corrected chi connectivity index (χ1v) is 6.69. The van der Waals surface area contributed by atoms with Gasteiger partial charge in [-0.3, -0.25) is 9.58 Å². The molecule has 0 radical (unpaired) electrons. The van der Waals surface area contributed by atoms with E-state index in [1.54, 1.807) is 0 Å². The lowest BCUT2D eigenvalue weighted by Gasteiger charge is -2.31. The molecule has 0 bridgehead atoms. The van der Waals surface area contributed by atoms with Gasteiger partial charge in [0.25, 0.3) is 0 Å². The average Bonchev–Trinajstić information content (AvgIpc) is 2.64. The minimum atomic E-state index is 0.307. The maximum atomic E-state index is 9.28. The Morgan fingerprint density at radius 2 is 2.28 bits per heavy atom. The predicted octanol–water partition coefficient (Wildman–Crippen LogP) is 0.975. The summed E-state index contributed by atoms with van der Waals surface area (Å²) in [5.41, 5.74) is 2.37. The molecule has 0 aliphatic carbocycles. The molecule has 1 fully saturated rings. The average molecular weight is 252 g/mol. The van der Waals surface area contributed by atoms with Gasteiger partial charge in [0.2, 0.25) is 0 Å². The zero-order valence-corrected chi connectivity index (χ0v) is 11.6. The van der Waals surface area contributed by atoms with Crippen molar-refractivity contribution in [3.8, 4) is 0 Å². The quantitative estimate of drug-likeness (QED) is 0.838. The van der Waals surface area contributed by atoms with Crippen LogP contribution in [-0.4, -0.2) is 46.5 Å². The zero-order valence-electron chi connectivity index (χ0n) is 11.6. The minimum absolute atomic E-state index is 0.307. The fourth-order valence-corrected chi connectivity index (χ4v) is 2.87. The number of nitrogens with one attached hydrogen (secondary N) is 1. The molecular weight excluding hydrogens is 228 g/mol. The number of likely N-dealkylation sites (tertiary alicyclic amines) is 1. The maximum absolute atomic E-state index is 9.28. The van der Waals surface area contributed by atoms with Crippen molar-refractivity contribution in [1.82, 2.24) is 14.7 Å². The Labute approximate surface area is 109 Å². The summed E-state index contributed by atoms with van der Waals surface area (Å²) in [6.07, 6.45) is 2.33. The standard InChI is InChI=1S/C13H24N4O/c1-10-12(13(14-2)16(3)15-10)8-17-6-4-5-11(7-17)9-18/h11,14,18H,4-9H2,1-3H3. The Balaban J connectivity index is 2.09. The number of anilines is 1. The number of aliphatic hydroxyl groups excluding tert-OH is 1. The third-order valence-corrected chi connectivity index (χ3v) is 3.83. The van der Waals surface area contributed by atoms with Crippen LogP contribution in [0.4, 0.5) is 5.82 Å². The van der Waals surface area contributed by atoms with Crippen LogP contribution in [0.3, 0.4) is 0 Å². The third-order valence-electron chi connectivity index (χ3n) is 3.83. The number of hydrogen-bond acceptors (Lipinski definition) is 4. The number of nitrogens with zero attached hydrogens (tertiary/aromatic N) is 3. The lowest BCUT2D eigenvalue weighted by atomic mass is 9.98. The smallest absolute Gasteiger partial charge is 0.128 e. The van der Waals surface area contributed by atoms with Gasteiger partial charge in [-0.05, 0) is 32.2 Å². The highest BCUT2D eigenvalue weighted by Crippen LogP contribution is 2.23. The van der Waals surface area contributed by atoms with Gasteiger partial charge in [0.05, 0.1) is 5.69 Å². The summed E-state index contributed by atoms with van der Waals surface area (Å²) in [6.45, 7) is 5.40. The number of aromatic nitrogens is 2. The summed E-state index contributed by atoms with van der Waals surface area (Å²) in [7, 11) is 3.90. The van der Waals surface area contributed by atoms with E-state index in [-0.39, 0.29) is 0 Å². The molecule has 1 aromatic heterocycles. The van der Waals surface area contributed by atoms with Crippen LogP contribution in [0.5, 0.6) is 0 Å². The van der Waals surface area contributed by atoms with E-state index in [1.165, 1.54) is 12.0 Å². The number of piperidine rings is 1. The number of hydrogen-bond donors (Lipinski definition) is 2. The van der Waals surface area contributed by atoms with E-state index >= 15 is 0 Å². The van der Waals surface area contributed by atoms with Crippen molar-refractivity contribution < 1.29 is 5.11 Å². The summed E-state index contributed by atoms with van der Waals surface area (Å²) < 4.78 is 1.90. The van der Waals surface area contributed by atoms with Crippen molar-refractivity contribution >= 4 is 5.82 Å². The molecule has 1 atom stereocenters. The van der Waals surface area contributed by atoms with Crippen LogP contribution in [-0.2, 0) is 13.6 Å². The van der Waals surface area contributed by atoms with Gasteiger partial charge in [-0.25, -0.2) is 0 Å². The summed E-state index contributed by atoms with van der Waals surface area (Å²) in [6, 6.07) is 0. The molecule has 5 heteroatoms. The first kappa shape index (κ1) is 13.4. The van der Waals surface area contributed by atoms with Crippen molar-refractivity contribution in [2.24, 2.45) is 13.0 Å². The fraction of sp³-hybridized carbons (Fsp3) is 0.769. The van der Waals surface area contributed by atoms with E-state index in [1.807, 2.05) is 18.8 Å². The SMILES string of the molecule is CNc1c(CN2CCCC(CO)C2)c(C)nn1C. The van der Waals surface area contributed by atoms with E-state index in [0.717, 1.165) is 37.6 Å². The molecule has 0 aromatic carbocycles. The fourth-order valence-electron chi connectivity index (χ4n) is 2.87. The summed E-state index contributed by atoms with van der Waals surface area (Å²) >= 11 is 0. The Morgan fingerprint density at radius 1 is 1.50 bits per heavy atom. The Morgan fingerprint density at radius 3 is 2.94 bits per heavy atom. The molecule has 18 heavy (non-hydrogen) atoms. The lowest BCUT2D eigenvalue weighted by Crippen LogP contribution is -2.36. The molecule has 1 saturated heterocycles. The second-order valence-electron chi connectivity index (χ2n) is 5.21. The summed E-state index contributed by atoms with van der Waals surface area (Å²) in [5, 5.41) is 17.0. The predicted molar refractivity (Wildman–Crippen MR) is 72.6 cm³/mol. The van der Waals surface area contributed by atoms with E-state index < -0.39 is 0 Å². The highest BCUT2D eigenvalue weighted by Gasteiger charge is 2.22. The topological polar surface area (TPSA) is 53.3 Å². The number of aliphatic hydroxyl groups is 1. The Bertz CT molecular complexity index is 402. The molecule has 102 valence electrons. The van der Waals surface area contributed by atoms with Gasteiger partial charge in [0.1, 0.15) is 5.82 Å². The van der Waals surface area contributed by atoms with Crippen LogP contribution >= 0.6 is 0 Å². The normalized spacial score (nSPS) is 21.2. The molecule has 1 aromatic rings. The molecule has 2 N–H and O–H groups in total. The van der Waals surface area contributed by atoms with Crippen LogP contribution in [0, 0.1) is 12.8 Å². The molecule has 0 saturated carbocycles. The third kappa shape index (κ3) is 2.67. The first-order valence-electron chi connectivity index (χ1n) is 6.69. The van der Waals surface area contributed by atoms with E-state index in [0.29, 0.717) is 12.5 Å². The Hall–Kier alpha value is -1.07. The van der Waals surface area contributed by atoms with Gasteiger partial charge in [-0.15, -0.1) is 0 Å². The number of aryl methyl sites for hydroxylation is 2. The molecule has 0 amide bonds. The molecule has 2 rings (SSSR count). The molecule has 1 aliphatic rings. The first-order chi connectivity index (χ1) is 8.65. The van der Waals surface area contributed by atoms with E-state index in [4.69, 9.17) is 0 Å². The van der Waals surface area contributed by atoms with Crippen LogP contribution in [0.1, 0.15) is 24.1 Å². The summed E-state index contributed by atoms with van der Waals surface area (Å²) in [5.74, 6) is 1.53. The summed E-state index contributed by atoms with van der Waals surface area (Å²) in [4.78, 5) is 2.43. The molecule has 0 spiro atoms. The highest BCUT2D eigenvalue weighted by molar-refractivity contribution is 5.46. The van der Waals surface area contributed by atoms with E-state index in [2.05, 4.69) is 22.2 Å². The van der Waals surface area contributed by atoms with Crippen molar-refractivity contribution in [2.75, 3.05) is 32.1 Å².